The lowest BCUT2D eigenvalue weighted by molar-refractivity contribution is 0.572. The Morgan fingerprint density at radius 2 is 2.44 bits per heavy atom. The van der Waals surface area contributed by atoms with E-state index in [1.807, 2.05) is 23.1 Å². The Bertz CT molecular complexity index is 144. The molecule has 0 fully saturated rings. The van der Waals surface area contributed by atoms with Gasteiger partial charge in [-0.2, -0.15) is 5.10 Å². The fraction of sp³-hybridized carbons (Fsp3) is 0.571. The van der Waals surface area contributed by atoms with Crippen LogP contribution in [0.5, 0.6) is 0 Å². The van der Waals surface area contributed by atoms with Gasteiger partial charge in [-0.15, -0.1) is 0 Å². The van der Waals surface area contributed by atoms with Crippen molar-refractivity contribution in [3.63, 3.8) is 0 Å². The van der Waals surface area contributed by atoms with E-state index < -0.39 is 0 Å². The smallest absolute Gasteiger partial charge is 0.0489 e. The molecule has 0 bridgehead atoms. The number of hydrogen-bond donors (Lipinski definition) is 0. The summed E-state index contributed by atoms with van der Waals surface area (Å²) in [7, 11) is 0. The quantitative estimate of drug-likeness (QED) is 0.599. The molecule has 0 atom stereocenters. The van der Waals surface area contributed by atoms with Crippen molar-refractivity contribution in [2.45, 2.75) is 26.3 Å². The van der Waals surface area contributed by atoms with Gasteiger partial charge in [0.1, 0.15) is 0 Å². The molecule has 0 aliphatic carbocycles. The van der Waals surface area contributed by atoms with Crippen LogP contribution in [0.3, 0.4) is 0 Å². The van der Waals surface area contributed by atoms with Gasteiger partial charge in [-0.3, -0.25) is 4.68 Å². The fourth-order valence-electron chi connectivity index (χ4n) is 0.753. The summed E-state index contributed by atoms with van der Waals surface area (Å²) >= 11 is 0. The van der Waals surface area contributed by atoms with E-state index in [9.17, 15) is 0 Å². The first-order valence-corrected chi connectivity index (χ1v) is 3.41. The van der Waals surface area contributed by atoms with Crippen molar-refractivity contribution in [2.24, 2.45) is 0 Å². The van der Waals surface area contributed by atoms with Crippen molar-refractivity contribution in [1.82, 2.24) is 9.78 Å². The van der Waals surface area contributed by atoms with Crippen LogP contribution in [0, 0.1) is 0 Å². The third-order valence-electron chi connectivity index (χ3n) is 1.30. The van der Waals surface area contributed by atoms with E-state index in [4.69, 9.17) is 0 Å². The highest BCUT2D eigenvalue weighted by molar-refractivity contribution is 4.77. The first-order valence-electron chi connectivity index (χ1n) is 3.41. The van der Waals surface area contributed by atoms with Crippen molar-refractivity contribution < 1.29 is 0 Å². The molecule has 1 aromatic heterocycles. The summed E-state index contributed by atoms with van der Waals surface area (Å²) in [5, 5.41) is 4.07. The number of aryl methyl sites for hydroxylation is 1. The molecule has 0 saturated carbocycles. The van der Waals surface area contributed by atoms with E-state index in [-0.39, 0.29) is 0 Å². The van der Waals surface area contributed by atoms with Crippen molar-refractivity contribution in [2.75, 3.05) is 0 Å². The summed E-state index contributed by atoms with van der Waals surface area (Å²) in [6, 6.07) is 1.95. The minimum atomic E-state index is 1.06. The van der Waals surface area contributed by atoms with Crippen LogP contribution in [0.15, 0.2) is 18.5 Å². The molecule has 0 aromatic carbocycles. The minimum absolute atomic E-state index is 1.06. The van der Waals surface area contributed by atoms with Gasteiger partial charge in [0.2, 0.25) is 0 Å². The predicted octanol–water partition coefficient (Wildman–Crippen LogP) is 1.68. The topological polar surface area (TPSA) is 17.8 Å². The van der Waals surface area contributed by atoms with Gasteiger partial charge in [0.05, 0.1) is 0 Å². The van der Waals surface area contributed by atoms with E-state index in [0.717, 1.165) is 6.54 Å². The van der Waals surface area contributed by atoms with Crippen LogP contribution in [0.1, 0.15) is 19.8 Å². The van der Waals surface area contributed by atoms with E-state index in [0.29, 0.717) is 0 Å². The van der Waals surface area contributed by atoms with Gasteiger partial charge in [0.25, 0.3) is 0 Å². The molecule has 2 nitrogen and oxygen atoms in total. The van der Waals surface area contributed by atoms with Gasteiger partial charge in [0, 0.05) is 18.9 Å². The first kappa shape index (κ1) is 6.33. The molecule has 1 rings (SSSR count). The van der Waals surface area contributed by atoms with Crippen molar-refractivity contribution in [1.29, 1.82) is 0 Å². The minimum Gasteiger partial charge on any atom is -0.273 e. The van der Waals surface area contributed by atoms with Gasteiger partial charge < -0.3 is 0 Å². The fourth-order valence-corrected chi connectivity index (χ4v) is 0.753. The summed E-state index contributed by atoms with van der Waals surface area (Å²) in [4.78, 5) is 0. The lowest BCUT2D eigenvalue weighted by Crippen LogP contribution is -1.96. The van der Waals surface area contributed by atoms with Crippen LogP contribution in [0.4, 0.5) is 0 Å². The Kier molecular flexibility index (Phi) is 2.31. The molecule has 0 aliphatic heterocycles. The monoisotopic (exact) mass is 124 g/mol. The molecule has 0 saturated heterocycles. The van der Waals surface area contributed by atoms with Gasteiger partial charge in [0.15, 0.2) is 0 Å². The normalized spacial score (nSPS) is 9.89. The van der Waals surface area contributed by atoms with E-state index in [1.165, 1.54) is 12.8 Å². The lowest BCUT2D eigenvalue weighted by atomic mass is 10.3. The largest absolute Gasteiger partial charge is 0.273 e. The SMILES string of the molecule is CCCCn1cccn1. The molecular weight excluding hydrogens is 112 g/mol. The standard InChI is InChI=1S/C7H12N2/c1-2-3-6-9-7-4-5-8-9/h4-5,7H,2-3,6H2,1H3. The number of rotatable bonds is 3. The van der Waals surface area contributed by atoms with E-state index in [2.05, 4.69) is 12.0 Å². The lowest BCUT2D eigenvalue weighted by Gasteiger charge is -1.95. The highest BCUT2D eigenvalue weighted by Crippen LogP contribution is 1.91. The Balaban J connectivity index is 2.30. The van der Waals surface area contributed by atoms with Crippen molar-refractivity contribution in [3.05, 3.63) is 18.5 Å². The number of unbranched alkanes of at least 4 members (excludes halogenated alkanes) is 1. The average Bonchev–Trinajstić information content (AvgIpc) is 2.34. The van der Waals surface area contributed by atoms with Gasteiger partial charge in [-0.25, -0.2) is 0 Å². The summed E-state index contributed by atoms with van der Waals surface area (Å²) in [6.45, 7) is 3.24. The van der Waals surface area contributed by atoms with Gasteiger partial charge in [-0.1, -0.05) is 13.3 Å². The number of aromatic nitrogens is 2. The molecule has 0 amide bonds. The summed E-state index contributed by atoms with van der Waals surface area (Å²) in [5.74, 6) is 0. The molecule has 1 heterocycles. The molecule has 2 heteroatoms. The second kappa shape index (κ2) is 3.28. The summed E-state index contributed by atoms with van der Waals surface area (Å²) in [6.07, 6.45) is 6.27. The molecule has 1 aromatic rings. The zero-order chi connectivity index (χ0) is 6.53. The first-order chi connectivity index (χ1) is 4.43. The predicted molar refractivity (Wildman–Crippen MR) is 37.1 cm³/mol. The summed E-state index contributed by atoms with van der Waals surface area (Å²) < 4.78 is 1.96. The van der Waals surface area contributed by atoms with Crippen LogP contribution >= 0.6 is 0 Å². The maximum absolute atomic E-state index is 4.07. The third-order valence-corrected chi connectivity index (χ3v) is 1.30. The molecule has 9 heavy (non-hydrogen) atoms. The average molecular weight is 124 g/mol. The third kappa shape index (κ3) is 1.88. The van der Waals surface area contributed by atoms with Crippen LogP contribution < -0.4 is 0 Å². The second-order valence-corrected chi connectivity index (χ2v) is 2.12. The Hall–Kier alpha value is -0.790. The molecule has 0 aliphatic rings. The van der Waals surface area contributed by atoms with Crippen LogP contribution in [0.2, 0.25) is 0 Å². The Morgan fingerprint density at radius 1 is 1.56 bits per heavy atom. The van der Waals surface area contributed by atoms with E-state index in [1.54, 1.807) is 0 Å². The van der Waals surface area contributed by atoms with Crippen LogP contribution in [-0.4, -0.2) is 9.78 Å². The molecular formula is C7H12N2. The van der Waals surface area contributed by atoms with E-state index >= 15 is 0 Å². The van der Waals surface area contributed by atoms with Crippen molar-refractivity contribution >= 4 is 0 Å². The second-order valence-electron chi connectivity index (χ2n) is 2.12. The maximum Gasteiger partial charge on any atom is 0.0489 e. The molecule has 0 spiro atoms. The summed E-state index contributed by atoms with van der Waals surface area (Å²) in [5.41, 5.74) is 0. The zero-order valence-corrected chi connectivity index (χ0v) is 5.75. The Morgan fingerprint density at radius 3 is 3.00 bits per heavy atom. The van der Waals surface area contributed by atoms with Crippen LogP contribution in [0.25, 0.3) is 0 Å². The van der Waals surface area contributed by atoms with Gasteiger partial charge >= 0.3 is 0 Å². The van der Waals surface area contributed by atoms with Gasteiger partial charge in [-0.05, 0) is 12.5 Å². The molecule has 50 valence electrons. The highest BCUT2D eigenvalue weighted by atomic mass is 15.3. The molecule has 0 N–H and O–H groups in total. The Labute approximate surface area is 55.5 Å². The van der Waals surface area contributed by atoms with Crippen molar-refractivity contribution in [3.8, 4) is 0 Å². The highest BCUT2D eigenvalue weighted by Gasteiger charge is 1.85. The maximum atomic E-state index is 4.07. The van der Waals surface area contributed by atoms with Crippen LogP contribution in [-0.2, 0) is 6.54 Å². The molecule has 0 radical (unpaired) electrons. The zero-order valence-electron chi connectivity index (χ0n) is 5.75. The number of hydrogen-bond acceptors (Lipinski definition) is 1. The molecule has 0 unspecified atom stereocenters. The number of nitrogens with zero attached hydrogens (tertiary/aromatic N) is 2.